The maximum atomic E-state index is 4.54. The Kier molecular flexibility index (Phi) is 3.38. The average Bonchev–Trinajstić information content (AvgIpc) is 3.17. The highest BCUT2D eigenvalue weighted by Gasteiger charge is 2.26. The largest absolute Gasteiger partial charge is 0.336 e. The number of hydrogen-bond acceptors (Lipinski definition) is 4. The van der Waals surface area contributed by atoms with Crippen LogP contribution in [0.25, 0.3) is 5.82 Å². The van der Waals surface area contributed by atoms with Gasteiger partial charge in [-0.25, -0.2) is 4.98 Å². The van der Waals surface area contributed by atoms with E-state index in [2.05, 4.69) is 74.3 Å². The highest BCUT2D eigenvalue weighted by molar-refractivity contribution is 5.70. The number of H-pyrrole nitrogens is 1. The number of aromatic amines is 1. The molecule has 0 saturated heterocycles. The minimum Gasteiger partial charge on any atom is -0.336 e. The molecule has 0 amide bonds. The Morgan fingerprint density at radius 1 is 1.19 bits per heavy atom. The zero-order valence-electron chi connectivity index (χ0n) is 15.0. The van der Waals surface area contributed by atoms with Crippen molar-refractivity contribution in [2.75, 3.05) is 10.2 Å². The van der Waals surface area contributed by atoms with Crippen molar-refractivity contribution in [1.82, 2.24) is 19.7 Å². The number of nitrogens with one attached hydrogen (secondary N) is 2. The van der Waals surface area contributed by atoms with E-state index in [1.54, 1.807) is 0 Å². The van der Waals surface area contributed by atoms with E-state index in [0.29, 0.717) is 5.92 Å². The first kappa shape index (κ1) is 15.3. The molecule has 132 valence electrons. The molecule has 1 aromatic carbocycles. The van der Waals surface area contributed by atoms with Crippen molar-refractivity contribution in [3.05, 3.63) is 65.5 Å². The van der Waals surface area contributed by atoms with E-state index in [1.165, 1.54) is 35.3 Å². The van der Waals surface area contributed by atoms with Gasteiger partial charge in [-0.15, -0.1) is 0 Å². The van der Waals surface area contributed by atoms with Gasteiger partial charge in [-0.2, -0.15) is 5.10 Å². The maximum Gasteiger partial charge on any atom is 0.153 e. The van der Waals surface area contributed by atoms with E-state index in [4.69, 9.17) is 0 Å². The summed E-state index contributed by atoms with van der Waals surface area (Å²) < 4.78 is 2.09. The lowest BCUT2D eigenvalue weighted by molar-refractivity contribution is 0.801. The van der Waals surface area contributed by atoms with Crippen LogP contribution in [0, 0.1) is 13.8 Å². The number of nitrogens with zero attached hydrogens (tertiary/aromatic N) is 4. The summed E-state index contributed by atoms with van der Waals surface area (Å²) in [5.41, 5.74) is 4.98. The van der Waals surface area contributed by atoms with Crippen LogP contribution in [-0.2, 0) is 6.54 Å². The SMILES string of the molecule is Cc1cccc(C)c1N1C=C(Nc2cc(C3CC3)[nH]n2)n2ccnc2C1. The molecule has 0 radical (unpaired) electrons. The molecular formula is C20H22N6. The second-order valence-electron chi connectivity index (χ2n) is 7.20. The molecule has 6 nitrogen and oxygen atoms in total. The Balaban J connectivity index is 1.51. The van der Waals surface area contributed by atoms with Gasteiger partial charge >= 0.3 is 0 Å². The van der Waals surface area contributed by atoms with Crippen LogP contribution in [0.5, 0.6) is 0 Å². The normalized spacial score (nSPS) is 16.4. The van der Waals surface area contributed by atoms with Gasteiger partial charge in [0.2, 0.25) is 0 Å². The number of rotatable bonds is 4. The molecule has 0 unspecified atom stereocenters. The van der Waals surface area contributed by atoms with Crippen LogP contribution in [0.15, 0.2) is 42.9 Å². The Labute approximate surface area is 152 Å². The summed E-state index contributed by atoms with van der Waals surface area (Å²) >= 11 is 0. The number of imidazole rings is 1. The topological polar surface area (TPSA) is 61.8 Å². The number of hydrogen-bond donors (Lipinski definition) is 2. The van der Waals surface area contributed by atoms with E-state index >= 15 is 0 Å². The summed E-state index contributed by atoms with van der Waals surface area (Å²) in [6, 6.07) is 8.53. The van der Waals surface area contributed by atoms with Crippen molar-refractivity contribution in [1.29, 1.82) is 0 Å². The molecule has 0 atom stereocenters. The molecule has 3 heterocycles. The van der Waals surface area contributed by atoms with Crippen LogP contribution in [0.1, 0.15) is 41.4 Å². The van der Waals surface area contributed by atoms with Gasteiger partial charge in [0, 0.05) is 42.0 Å². The van der Waals surface area contributed by atoms with Gasteiger partial charge in [-0.05, 0) is 37.8 Å². The molecule has 5 rings (SSSR count). The van der Waals surface area contributed by atoms with Crippen molar-refractivity contribution >= 4 is 17.3 Å². The summed E-state index contributed by atoms with van der Waals surface area (Å²) in [6.45, 7) is 5.05. The van der Waals surface area contributed by atoms with Gasteiger partial charge in [-0.3, -0.25) is 9.67 Å². The van der Waals surface area contributed by atoms with Gasteiger partial charge in [0.05, 0.1) is 6.54 Å². The average molecular weight is 346 g/mol. The minimum absolute atomic E-state index is 0.660. The zero-order valence-corrected chi connectivity index (χ0v) is 15.0. The summed E-state index contributed by atoms with van der Waals surface area (Å²) in [5, 5.41) is 11.1. The Morgan fingerprint density at radius 3 is 2.77 bits per heavy atom. The Morgan fingerprint density at radius 2 is 2.00 bits per heavy atom. The van der Waals surface area contributed by atoms with Crippen LogP contribution >= 0.6 is 0 Å². The molecule has 2 aliphatic rings. The number of fused-ring (bicyclic) bond motifs is 1. The molecule has 3 aromatic rings. The smallest absolute Gasteiger partial charge is 0.153 e. The van der Waals surface area contributed by atoms with Crippen molar-refractivity contribution < 1.29 is 0 Å². The molecule has 2 N–H and O–H groups in total. The van der Waals surface area contributed by atoms with E-state index in [1.807, 2.05) is 12.4 Å². The second-order valence-corrected chi connectivity index (χ2v) is 7.20. The number of para-hydroxylation sites is 1. The first-order valence-electron chi connectivity index (χ1n) is 9.08. The van der Waals surface area contributed by atoms with Crippen LogP contribution in [0.2, 0.25) is 0 Å². The maximum absolute atomic E-state index is 4.54. The van der Waals surface area contributed by atoms with Crippen molar-refractivity contribution in [3.8, 4) is 0 Å². The van der Waals surface area contributed by atoms with Crippen molar-refractivity contribution in [2.24, 2.45) is 0 Å². The predicted octanol–water partition coefficient (Wildman–Crippen LogP) is 3.99. The molecule has 0 bridgehead atoms. The monoisotopic (exact) mass is 346 g/mol. The molecule has 2 aromatic heterocycles. The third kappa shape index (κ3) is 2.58. The molecule has 1 saturated carbocycles. The summed E-state index contributed by atoms with van der Waals surface area (Å²) in [7, 11) is 0. The first-order valence-corrected chi connectivity index (χ1v) is 9.08. The first-order chi connectivity index (χ1) is 12.7. The van der Waals surface area contributed by atoms with Crippen molar-refractivity contribution in [2.45, 2.75) is 39.2 Å². The summed E-state index contributed by atoms with van der Waals surface area (Å²) in [4.78, 5) is 6.81. The lowest BCUT2D eigenvalue weighted by Crippen LogP contribution is -2.28. The van der Waals surface area contributed by atoms with Crippen LogP contribution in [0.4, 0.5) is 11.5 Å². The van der Waals surface area contributed by atoms with E-state index in [-0.39, 0.29) is 0 Å². The number of aryl methyl sites for hydroxylation is 2. The lowest BCUT2D eigenvalue weighted by Gasteiger charge is -2.30. The fourth-order valence-corrected chi connectivity index (χ4v) is 3.71. The minimum atomic E-state index is 0.660. The highest BCUT2D eigenvalue weighted by atomic mass is 15.3. The van der Waals surface area contributed by atoms with Gasteiger partial charge in [0.15, 0.2) is 5.82 Å². The van der Waals surface area contributed by atoms with Crippen LogP contribution in [-0.4, -0.2) is 19.7 Å². The fourth-order valence-electron chi connectivity index (χ4n) is 3.71. The quantitative estimate of drug-likeness (QED) is 0.750. The summed E-state index contributed by atoms with van der Waals surface area (Å²) in [6.07, 6.45) is 8.51. The van der Waals surface area contributed by atoms with Crippen molar-refractivity contribution in [3.63, 3.8) is 0 Å². The highest BCUT2D eigenvalue weighted by Crippen LogP contribution is 2.39. The third-order valence-corrected chi connectivity index (χ3v) is 5.16. The van der Waals surface area contributed by atoms with Gasteiger partial charge in [0.25, 0.3) is 0 Å². The molecule has 1 aliphatic carbocycles. The lowest BCUT2D eigenvalue weighted by atomic mass is 10.1. The predicted molar refractivity (Wildman–Crippen MR) is 103 cm³/mol. The van der Waals surface area contributed by atoms with Gasteiger partial charge < -0.3 is 10.2 Å². The fraction of sp³-hybridized carbons (Fsp3) is 0.300. The number of anilines is 2. The summed E-state index contributed by atoms with van der Waals surface area (Å²) in [5.74, 6) is 3.48. The Bertz CT molecular complexity index is 971. The molecule has 1 fully saturated rings. The van der Waals surface area contributed by atoms with E-state index in [0.717, 1.165) is 24.0 Å². The number of aromatic nitrogens is 4. The third-order valence-electron chi connectivity index (χ3n) is 5.16. The number of benzene rings is 1. The van der Waals surface area contributed by atoms with Crippen LogP contribution in [0.3, 0.4) is 0 Å². The Hall–Kier alpha value is -3.02. The second kappa shape index (κ2) is 5.76. The zero-order chi connectivity index (χ0) is 17.7. The molecule has 1 aliphatic heterocycles. The van der Waals surface area contributed by atoms with E-state index < -0.39 is 0 Å². The molecule has 26 heavy (non-hydrogen) atoms. The molecule has 0 spiro atoms. The molecule has 6 heteroatoms. The van der Waals surface area contributed by atoms with Gasteiger partial charge in [-0.1, -0.05) is 18.2 Å². The standard InChI is InChI=1S/C20H22N6/c1-13-4-3-5-14(2)20(13)25-11-18-21-8-9-26(18)19(12-25)22-17-10-16(23-24-17)15-6-7-15/h3-5,8-10,12,15H,6-7,11H2,1-2H3,(H2,22,23,24). The van der Waals surface area contributed by atoms with E-state index in [9.17, 15) is 0 Å². The van der Waals surface area contributed by atoms with Crippen LogP contribution < -0.4 is 10.2 Å². The molecular weight excluding hydrogens is 324 g/mol. The van der Waals surface area contributed by atoms with Gasteiger partial charge in [0.1, 0.15) is 11.6 Å².